The third-order valence-electron chi connectivity index (χ3n) is 3.37. The third kappa shape index (κ3) is 4.79. The summed E-state index contributed by atoms with van der Waals surface area (Å²) in [5.41, 5.74) is 0.444. The first-order valence-corrected chi connectivity index (χ1v) is 7.08. The first kappa shape index (κ1) is 15.3. The largest absolute Gasteiger partial charge is 0.492 e. The molecule has 1 saturated heterocycles. The van der Waals surface area contributed by atoms with Gasteiger partial charge < -0.3 is 19.5 Å². The van der Waals surface area contributed by atoms with Gasteiger partial charge in [0, 0.05) is 26.2 Å². The van der Waals surface area contributed by atoms with Crippen molar-refractivity contribution in [3.63, 3.8) is 0 Å². The molecule has 2 rings (SSSR count). The van der Waals surface area contributed by atoms with Crippen LogP contribution in [0, 0.1) is 0 Å². The lowest BCUT2D eigenvalue weighted by Crippen LogP contribution is -2.34. The fourth-order valence-corrected chi connectivity index (χ4v) is 2.34. The zero-order valence-electron chi connectivity index (χ0n) is 11.9. The molecule has 1 heterocycles. The highest BCUT2D eigenvalue weighted by Gasteiger charge is 2.15. The molecular weight excluding hydrogens is 257 g/mol. The topological polar surface area (TPSA) is 62.2 Å². The minimum absolute atomic E-state index is 0.269. The number of benzene rings is 1. The van der Waals surface area contributed by atoms with Crippen LogP contribution in [0.4, 0.5) is 0 Å². The summed E-state index contributed by atoms with van der Waals surface area (Å²) in [6.45, 7) is 6.30. The minimum atomic E-state index is -1.46. The summed E-state index contributed by atoms with van der Waals surface area (Å²) in [5.74, 6) is 0.662. The molecular formula is C14H22BNO4. The van der Waals surface area contributed by atoms with E-state index < -0.39 is 7.12 Å². The second-order valence-corrected chi connectivity index (χ2v) is 5.13. The van der Waals surface area contributed by atoms with Gasteiger partial charge in [0.05, 0.1) is 6.10 Å². The summed E-state index contributed by atoms with van der Waals surface area (Å²) in [6.07, 6.45) is 1.32. The zero-order valence-corrected chi connectivity index (χ0v) is 11.9. The second kappa shape index (κ2) is 7.64. The zero-order chi connectivity index (χ0) is 14.4. The van der Waals surface area contributed by atoms with E-state index in [0.29, 0.717) is 17.8 Å². The molecule has 0 amide bonds. The molecule has 0 saturated carbocycles. The average Bonchev–Trinajstić information content (AvgIpc) is 2.63. The Hall–Kier alpha value is -1.08. The lowest BCUT2D eigenvalue weighted by atomic mass is 9.80. The van der Waals surface area contributed by atoms with Gasteiger partial charge in [0.15, 0.2) is 0 Å². The fraction of sp³-hybridized carbons (Fsp3) is 0.571. The predicted molar refractivity (Wildman–Crippen MR) is 78.2 cm³/mol. The standard InChI is InChI=1S/C14H22BNO4/c1-12-11-16(6-3-8-19-12)7-9-20-14-5-2-4-13(10-14)15(17)18/h2,4-5,10,12,17-18H,3,6-9,11H2,1H3. The molecule has 2 N–H and O–H groups in total. The van der Waals surface area contributed by atoms with Crippen LogP contribution < -0.4 is 10.2 Å². The van der Waals surface area contributed by atoms with Gasteiger partial charge >= 0.3 is 7.12 Å². The number of nitrogens with zero attached hydrogens (tertiary/aromatic N) is 1. The first-order chi connectivity index (χ1) is 9.65. The van der Waals surface area contributed by atoms with Gasteiger partial charge in [-0.15, -0.1) is 0 Å². The molecule has 0 radical (unpaired) electrons. The molecule has 0 aliphatic carbocycles. The van der Waals surface area contributed by atoms with E-state index in [-0.39, 0.29) is 6.10 Å². The summed E-state index contributed by atoms with van der Waals surface area (Å²) in [5, 5.41) is 18.2. The van der Waals surface area contributed by atoms with E-state index in [2.05, 4.69) is 11.8 Å². The summed E-state index contributed by atoms with van der Waals surface area (Å²) in [6, 6.07) is 6.89. The molecule has 0 spiro atoms. The Morgan fingerprint density at radius 1 is 1.45 bits per heavy atom. The molecule has 0 bridgehead atoms. The Bertz CT molecular complexity index is 416. The van der Waals surface area contributed by atoms with Gasteiger partial charge in [0.2, 0.25) is 0 Å². The molecule has 0 aromatic heterocycles. The maximum Gasteiger partial charge on any atom is 0.488 e. The van der Waals surface area contributed by atoms with Gasteiger partial charge in [-0.1, -0.05) is 12.1 Å². The smallest absolute Gasteiger partial charge is 0.488 e. The van der Waals surface area contributed by atoms with Crippen LogP contribution in [0.1, 0.15) is 13.3 Å². The summed E-state index contributed by atoms with van der Waals surface area (Å²) < 4.78 is 11.3. The van der Waals surface area contributed by atoms with Crippen molar-refractivity contribution in [2.75, 3.05) is 32.8 Å². The van der Waals surface area contributed by atoms with Crippen LogP contribution in [0.5, 0.6) is 5.75 Å². The molecule has 1 aliphatic rings. The first-order valence-electron chi connectivity index (χ1n) is 7.08. The van der Waals surface area contributed by atoms with Crippen LogP contribution in [-0.4, -0.2) is 61.0 Å². The van der Waals surface area contributed by atoms with Crippen molar-refractivity contribution in [3.8, 4) is 5.75 Å². The maximum absolute atomic E-state index is 9.12. The van der Waals surface area contributed by atoms with Crippen molar-refractivity contribution >= 4 is 12.6 Å². The Morgan fingerprint density at radius 3 is 3.10 bits per heavy atom. The van der Waals surface area contributed by atoms with Crippen molar-refractivity contribution < 1.29 is 19.5 Å². The molecule has 1 aliphatic heterocycles. The summed E-state index contributed by atoms with van der Waals surface area (Å²) in [7, 11) is -1.46. The van der Waals surface area contributed by atoms with Gasteiger partial charge in [0.25, 0.3) is 0 Å². The molecule has 1 aromatic carbocycles. The van der Waals surface area contributed by atoms with Crippen LogP contribution >= 0.6 is 0 Å². The van der Waals surface area contributed by atoms with Crippen molar-refractivity contribution in [2.24, 2.45) is 0 Å². The van der Waals surface area contributed by atoms with Crippen LogP contribution in [0.15, 0.2) is 24.3 Å². The van der Waals surface area contributed by atoms with E-state index in [9.17, 15) is 0 Å². The number of rotatable bonds is 5. The Labute approximate surface area is 120 Å². The fourth-order valence-electron chi connectivity index (χ4n) is 2.34. The molecule has 1 atom stereocenters. The normalized spacial score (nSPS) is 20.4. The van der Waals surface area contributed by atoms with Gasteiger partial charge in [-0.25, -0.2) is 0 Å². The highest BCUT2D eigenvalue weighted by atomic mass is 16.5. The Balaban J connectivity index is 1.78. The van der Waals surface area contributed by atoms with E-state index >= 15 is 0 Å². The highest BCUT2D eigenvalue weighted by Crippen LogP contribution is 2.09. The van der Waals surface area contributed by atoms with E-state index in [1.807, 2.05) is 6.07 Å². The second-order valence-electron chi connectivity index (χ2n) is 5.13. The molecule has 1 fully saturated rings. The lowest BCUT2D eigenvalue weighted by molar-refractivity contribution is 0.0658. The average molecular weight is 279 g/mol. The Morgan fingerprint density at radius 2 is 2.30 bits per heavy atom. The quantitative estimate of drug-likeness (QED) is 0.734. The van der Waals surface area contributed by atoms with E-state index in [0.717, 1.165) is 32.7 Å². The summed E-state index contributed by atoms with van der Waals surface area (Å²) >= 11 is 0. The maximum atomic E-state index is 9.12. The van der Waals surface area contributed by atoms with Gasteiger partial charge in [-0.05, 0) is 30.9 Å². The number of ether oxygens (including phenoxy) is 2. The van der Waals surface area contributed by atoms with Gasteiger partial charge in [-0.2, -0.15) is 0 Å². The van der Waals surface area contributed by atoms with E-state index in [1.54, 1.807) is 18.2 Å². The summed E-state index contributed by atoms with van der Waals surface area (Å²) in [4.78, 5) is 2.34. The van der Waals surface area contributed by atoms with Crippen LogP contribution in [0.3, 0.4) is 0 Å². The molecule has 110 valence electrons. The molecule has 5 nitrogen and oxygen atoms in total. The minimum Gasteiger partial charge on any atom is -0.492 e. The van der Waals surface area contributed by atoms with Crippen LogP contribution in [-0.2, 0) is 4.74 Å². The lowest BCUT2D eigenvalue weighted by Gasteiger charge is -2.21. The van der Waals surface area contributed by atoms with Crippen molar-refractivity contribution in [2.45, 2.75) is 19.4 Å². The SMILES string of the molecule is CC1CN(CCOc2cccc(B(O)O)c2)CCCO1. The molecule has 1 unspecified atom stereocenters. The highest BCUT2D eigenvalue weighted by molar-refractivity contribution is 6.58. The monoisotopic (exact) mass is 279 g/mol. The van der Waals surface area contributed by atoms with E-state index in [4.69, 9.17) is 19.5 Å². The molecule has 1 aromatic rings. The van der Waals surface area contributed by atoms with Crippen molar-refractivity contribution in [1.82, 2.24) is 4.90 Å². The van der Waals surface area contributed by atoms with E-state index in [1.165, 1.54) is 0 Å². The predicted octanol–water partition coefficient (Wildman–Crippen LogP) is -0.144. The molecule has 20 heavy (non-hydrogen) atoms. The van der Waals surface area contributed by atoms with Crippen LogP contribution in [0.2, 0.25) is 0 Å². The van der Waals surface area contributed by atoms with Crippen molar-refractivity contribution in [1.29, 1.82) is 0 Å². The third-order valence-corrected chi connectivity index (χ3v) is 3.37. The number of hydrogen-bond acceptors (Lipinski definition) is 5. The van der Waals surface area contributed by atoms with Crippen molar-refractivity contribution in [3.05, 3.63) is 24.3 Å². The number of hydrogen-bond donors (Lipinski definition) is 2. The van der Waals surface area contributed by atoms with Crippen LogP contribution in [0.25, 0.3) is 0 Å². The molecule has 6 heteroatoms. The Kier molecular flexibility index (Phi) is 5.85. The van der Waals surface area contributed by atoms with Gasteiger partial charge in [0.1, 0.15) is 12.4 Å². The van der Waals surface area contributed by atoms with Gasteiger partial charge in [-0.3, -0.25) is 4.90 Å².